The Kier molecular flexibility index (Phi) is 10.9. The Morgan fingerprint density at radius 2 is 1.26 bits per heavy atom. The average molecular weight is 992 g/mol. The third kappa shape index (κ3) is 8.03. The van der Waals surface area contributed by atoms with Gasteiger partial charge in [0.15, 0.2) is 0 Å². The van der Waals surface area contributed by atoms with Crippen LogP contribution in [-0.2, 0) is 37.3 Å². The predicted octanol–water partition coefficient (Wildman–Crippen LogP) is 14.4. The van der Waals surface area contributed by atoms with Gasteiger partial charge < -0.3 is 19.1 Å². The van der Waals surface area contributed by atoms with Crippen LogP contribution in [0.1, 0.15) is 84.6 Å². The molecule has 0 N–H and O–H groups in total. The molecule has 0 bridgehead atoms. The summed E-state index contributed by atoms with van der Waals surface area (Å²) in [5, 5.41) is 11.7. The van der Waals surface area contributed by atoms with E-state index >= 15 is 0 Å². The number of fused-ring (bicyclic) bond motifs is 4. The minimum absolute atomic E-state index is 0. The first-order valence-electron chi connectivity index (χ1n) is 20.9. The molecule has 1 aliphatic rings. The molecule has 0 spiro atoms. The minimum atomic E-state index is -0.0651. The van der Waals surface area contributed by atoms with Crippen molar-refractivity contribution in [3.63, 3.8) is 0 Å². The summed E-state index contributed by atoms with van der Waals surface area (Å²) >= 11 is 0. The van der Waals surface area contributed by atoms with Gasteiger partial charge in [-0.15, -0.1) is 48.1 Å². The Bertz CT molecular complexity index is 2990. The molecule has 2 aromatic heterocycles. The van der Waals surface area contributed by atoms with E-state index in [4.69, 9.17) is 9.72 Å². The van der Waals surface area contributed by atoms with E-state index in [9.17, 15) is 5.26 Å². The summed E-state index contributed by atoms with van der Waals surface area (Å²) in [6.07, 6.45) is 1.88. The van der Waals surface area contributed by atoms with Crippen molar-refractivity contribution in [3.05, 3.63) is 175 Å². The van der Waals surface area contributed by atoms with Crippen LogP contribution in [0.5, 0.6) is 11.5 Å². The molecule has 0 saturated carbocycles. The van der Waals surface area contributed by atoms with Crippen molar-refractivity contribution in [2.75, 3.05) is 9.80 Å². The van der Waals surface area contributed by atoms with E-state index in [-0.39, 0.29) is 37.3 Å². The molecule has 1 aliphatic heterocycles. The molecule has 314 valence electrons. The Hall–Kier alpha value is -6.15. The first-order valence-corrected chi connectivity index (χ1v) is 20.9. The van der Waals surface area contributed by atoms with Gasteiger partial charge in [-0.1, -0.05) is 110 Å². The third-order valence-corrected chi connectivity index (χ3v) is 11.6. The van der Waals surface area contributed by atoms with E-state index in [1.165, 1.54) is 16.7 Å². The molecule has 0 atom stereocenters. The van der Waals surface area contributed by atoms with Crippen molar-refractivity contribution in [2.45, 2.75) is 78.6 Å². The second kappa shape index (κ2) is 16.0. The Morgan fingerprint density at radius 1 is 0.597 bits per heavy atom. The first-order chi connectivity index (χ1) is 29.0. The van der Waals surface area contributed by atoms with E-state index in [1.54, 1.807) is 0 Å². The van der Waals surface area contributed by atoms with E-state index in [2.05, 4.69) is 186 Å². The number of hydrogen-bond acceptors (Lipinski definition) is 5. The number of aromatic nitrogens is 2. The van der Waals surface area contributed by atoms with Crippen LogP contribution < -0.4 is 14.5 Å². The molecule has 3 heterocycles. The number of benzene rings is 6. The summed E-state index contributed by atoms with van der Waals surface area (Å²) in [5.41, 5.74) is 12.4. The number of nitriles is 1. The molecule has 9 rings (SSSR count). The molecule has 0 unspecified atom stereocenters. The molecular formula is C55H50N5OPt-3. The van der Waals surface area contributed by atoms with E-state index < -0.39 is 0 Å². The van der Waals surface area contributed by atoms with Crippen LogP contribution in [0.4, 0.5) is 22.7 Å². The van der Waals surface area contributed by atoms with Gasteiger partial charge in [0.25, 0.3) is 0 Å². The molecule has 0 fully saturated rings. The minimum Gasteiger partial charge on any atom is -0.509 e. The van der Waals surface area contributed by atoms with Gasteiger partial charge >= 0.3 is 0 Å². The molecule has 8 aromatic rings. The maximum atomic E-state index is 9.60. The molecule has 7 heteroatoms. The SMILES string of the molecule is CC(C)(C)c1cc(N2[CH-]N(c3[c-]c(Oc4[c-]c5c(cc4)c4cc(-c6cccc(C#N)c6)ccc4n5-c4cc(C(C)(C)C)ccn4)ccc3)c3ccccc32)cc(C(C)(C)C)c1.[Pt]. The van der Waals surface area contributed by atoms with Crippen molar-refractivity contribution in [1.29, 1.82) is 5.26 Å². The monoisotopic (exact) mass is 991 g/mol. The van der Waals surface area contributed by atoms with Gasteiger partial charge in [0.05, 0.1) is 11.6 Å². The normalized spacial score (nSPS) is 13.0. The summed E-state index contributed by atoms with van der Waals surface area (Å²) < 4.78 is 8.82. The average Bonchev–Trinajstić information content (AvgIpc) is 3.78. The summed E-state index contributed by atoms with van der Waals surface area (Å²) in [5.74, 6) is 1.96. The molecule has 0 aliphatic carbocycles. The number of para-hydroxylation sites is 2. The maximum absolute atomic E-state index is 9.60. The van der Waals surface area contributed by atoms with Crippen LogP contribution in [0, 0.1) is 30.1 Å². The molecule has 0 radical (unpaired) electrons. The largest absolute Gasteiger partial charge is 0.509 e. The van der Waals surface area contributed by atoms with Gasteiger partial charge in [0.1, 0.15) is 5.82 Å². The second-order valence-corrected chi connectivity index (χ2v) is 19.1. The predicted molar refractivity (Wildman–Crippen MR) is 250 cm³/mol. The maximum Gasteiger partial charge on any atom is 0.135 e. The zero-order valence-corrected chi connectivity index (χ0v) is 39.0. The molecule has 6 nitrogen and oxygen atoms in total. The van der Waals surface area contributed by atoms with Gasteiger partial charge in [-0.2, -0.15) is 17.4 Å². The van der Waals surface area contributed by atoms with Crippen LogP contribution in [-0.4, -0.2) is 9.55 Å². The Morgan fingerprint density at radius 3 is 1.95 bits per heavy atom. The third-order valence-electron chi connectivity index (χ3n) is 11.6. The summed E-state index contributed by atoms with van der Waals surface area (Å²) in [6, 6.07) is 53.5. The van der Waals surface area contributed by atoms with Gasteiger partial charge in [-0.05, 0) is 104 Å². The molecule has 62 heavy (non-hydrogen) atoms. The van der Waals surface area contributed by atoms with Crippen molar-refractivity contribution in [2.24, 2.45) is 0 Å². The standard InChI is InChI=1S/C55H50N5O.Pt/c1-53(2,3)39-24-25-57-52(31-39)60-48-23-20-38(37-15-12-14-36(26-37)34-56)27-47(48)46-22-21-45(33-51(46)60)61-44-17-13-16-42(32-44)58-35-59(50-19-11-10-18-49(50)58)43-29-40(54(4,5)6)28-41(30-43)55(7,8)9;/h10-31,35H,1-9H3;/q-3;. The zero-order valence-electron chi connectivity index (χ0n) is 36.7. The van der Waals surface area contributed by atoms with Gasteiger partial charge in [0.2, 0.25) is 0 Å². The second-order valence-electron chi connectivity index (χ2n) is 19.1. The van der Waals surface area contributed by atoms with Crippen molar-refractivity contribution < 1.29 is 25.8 Å². The molecular weight excluding hydrogens is 942 g/mol. The number of nitrogens with zero attached hydrogens (tertiary/aromatic N) is 5. The van der Waals surface area contributed by atoms with Gasteiger partial charge in [-0.25, -0.2) is 4.98 Å². The molecule has 0 amide bonds. The Labute approximate surface area is 380 Å². The van der Waals surface area contributed by atoms with Crippen molar-refractivity contribution in [3.8, 4) is 34.5 Å². The fourth-order valence-corrected chi connectivity index (χ4v) is 8.06. The molecule has 0 saturated heterocycles. The van der Waals surface area contributed by atoms with Gasteiger partial charge in [-0.3, -0.25) is 0 Å². The van der Waals surface area contributed by atoms with Crippen LogP contribution in [0.15, 0.2) is 134 Å². The number of rotatable bonds is 6. The number of anilines is 4. The van der Waals surface area contributed by atoms with Crippen LogP contribution in [0.3, 0.4) is 0 Å². The summed E-state index contributed by atoms with van der Waals surface area (Å²) in [6.45, 7) is 22.5. The fraction of sp³-hybridized carbons (Fsp3) is 0.218. The van der Waals surface area contributed by atoms with Gasteiger partial charge in [0, 0.05) is 61.3 Å². The summed E-state index contributed by atoms with van der Waals surface area (Å²) in [7, 11) is 0. The fourth-order valence-electron chi connectivity index (χ4n) is 8.06. The van der Waals surface area contributed by atoms with E-state index in [0.717, 1.165) is 61.5 Å². The molecule has 6 aromatic carbocycles. The number of hydrogen-bond donors (Lipinski definition) is 0. The Balaban J connectivity index is 0.00000529. The summed E-state index contributed by atoms with van der Waals surface area (Å²) in [4.78, 5) is 9.37. The smallest absolute Gasteiger partial charge is 0.135 e. The first kappa shape index (κ1) is 42.5. The number of pyridine rings is 1. The van der Waals surface area contributed by atoms with Crippen LogP contribution in [0.25, 0.3) is 38.8 Å². The van der Waals surface area contributed by atoms with Crippen LogP contribution >= 0.6 is 0 Å². The number of ether oxygens (including phenoxy) is 1. The van der Waals surface area contributed by atoms with E-state index in [1.807, 2.05) is 48.7 Å². The topological polar surface area (TPSA) is 57.3 Å². The quantitative estimate of drug-likeness (QED) is 0.155. The zero-order chi connectivity index (χ0) is 42.8. The van der Waals surface area contributed by atoms with Crippen molar-refractivity contribution in [1.82, 2.24) is 9.55 Å². The van der Waals surface area contributed by atoms with Crippen molar-refractivity contribution >= 4 is 44.6 Å². The van der Waals surface area contributed by atoms with Crippen LogP contribution in [0.2, 0.25) is 0 Å². The van der Waals surface area contributed by atoms with E-state index in [0.29, 0.717) is 17.1 Å².